The summed E-state index contributed by atoms with van der Waals surface area (Å²) in [5.74, 6) is 0.797. The number of carbonyl (C=O) groups is 2. The molecule has 1 unspecified atom stereocenters. The van der Waals surface area contributed by atoms with Crippen molar-refractivity contribution < 1.29 is 9.59 Å². The number of nitrogens with one attached hydrogen (secondary N) is 2. The van der Waals surface area contributed by atoms with E-state index in [0.29, 0.717) is 18.7 Å². The molecule has 0 bridgehead atoms. The molecule has 0 rings (SSSR count). The number of likely N-dealkylation sites (N-methyl/N-ethyl adjacent to an activating group) is 1. The van der Waals surface area contributed by atoms with Crippen LogP contribution in [0, 0.1) is 0 Å². The van der Waals surface area contributed by atoms with E-state index in [0.717, 1.165) is 19.3 Å². The number of Topliss-reactive ketones (excluding diaryl/α,β-unsaturated/α-hetero) is 1. The largest absolute Gasteiger partial charge is 0.356 e. The number of hydrogen-bond acceptors (Lipinski definition) is 4. The molecule has 1 amide bonds. The molecule has 0 aliphatic rings. The lowest BCUT2D eigenvalue weighted by molar-refractivity contribution is -0.121. The minimum Gasteiger partial charge on any atom is -0.356 e. The number of ketones is 1. The van der Waals surface area contributed by atoms with Gasteiger partial charge in [0.1, 0.15) is 5.78 Å². The van der Waals surface area contributed by atoms with Gasteiger partial charge in [-0.3, -0.25) is 9.59 Å². The zero-order valence-corrected chi connectivity index (χ0v) is 13.0. The number of thiol groups is 1. The molecule has 4 nitrogen and oxygen atoms in total. The van der Waals surface area contributed by atoms with Crippen molar-refractivity contribution in [3.63, 3.8) is 0 Å². The van der Waals surface area contributed by atoms with Crippen LogP contribution in [-0.4, -0.2) is 37.1 Å². The Morgan fingerprint density at radius 2 is 1.83 bits per heavy atom. The van der Waals surface area contributed by atoms with Crippen molar-refractivity contribution in [2.45, 2.75) is 52.5 Å². The Hall–Kier alpha value is -0.550. The molecule has 0 saturated carbocycles. The molecule has 18 heavy (non-hydrogen) atoms. The van der Waals surface area contributed by atoms with Crippen molar-refractivity contribution >= 4 is 24.3 Å². The zero-order chi connectivity index (χ0) is 14.4. The van der Waals surface area contributed by atoms with E-state index < -0.39 is 0 Å². The molecule has 0 heterocycles. The first-order valence-electron chi connectivity index (χ1n) is 6.67. The van der Waals surface area contributed by atoms with Crippen LogP contribution in [0.3, 0.4) is 0 Å². The molecule has 0 aliphatic carbocycles. The molecule has 108 valence electrons. The van der Waals surface area contributed by atoms with Crippen LogP contribution in [0.15, 0.2) is 0 Å². The van der Waals surface area contributed by atoms with Crippen LogP contribution >= 0.6 is 12.6 Å². The fraction of sp³-hybridized carbons (Fsp3) is 0.846. The summed E-state index contributed by atoms with van der Waals surface area (Å²) in [4.78, 5) is 22.2. The molecule has 2 N–H and O–H groups in total. The van der Waals surface area contributed by atoms with Crippen molar-refractivity contribution in [1.82, 2.24) is 10.6 Å². The summed E-state index contributed by atoms with van der Waals surface area (Å²) in [6, 6.07) is -0.0480. The van der Waals surface area contributed by atoms with Gasteiger partial charge in [0.15, 0.2) is 0 Å². The molecule has 0 aliphatic heterocycles. The van der Waals surface area contributed by atoms with Gasteiger partial charge in [0.05, 0.1) is 6.04 Å². The standard InChI is InChI=1S/C11H22N2O2S.C2H6/c1-9(14)10(12-2)5-3-4-7-13-11(15)6-8-16;1-2/h10,12,16H,3-8H2,1-2H3,(H,13,15);1-2H3. The van der Waals surface area contributed by atoms with Crippen molar-refractivity contribution in [1.29, 1.82) is 0 Å². The van der Waals surface area contributed by atoms with Gasteiger partial charge in [0.2, 0.25) is 5.91 Å². The Labute approximate surface area is 117 Å². The van der Waals surface area contributed by atoms with Crippen LogP contribution in [0.2, 0.25) is 0 Å². The van der Waals surface area contributed by atoms with Gasteiger partial charge in [0, 0.05) is 13.0 Å². The maximum Gasteiger partial charge on any atom is 0.220 e. The molecule has 0 aromatic rings. The van der Waals surface area contributed by atoms with Crippen molar-refractivity contribution in [2.75, 3.05) is 19.3 Å². The lowest BCUT2D eigenvalue weighted by Crippen LogP contribution is -2.32. The lowest BCUT2D eigenvalue weighted by atomic mass is 10.1. The summed E-state index contributed by atoms with van der Waals surface area (Å²) in [6.45, 7) is 6.27. The van der Waals surface area contributed by atoms with E-state index in [1.54, 1.807) is 14.0 Å². The first kappa shape index (κ1) is 19.8. The fourth-order valence-electron chi connectivity index (χ4n) is 1.44. The quantitative estimate of drug-likeness (QED) is 0.444. The molecule has 5 heteroatoms. The van der Waals surface area contributed by atoms with Crippen LogP contribution in [0.5, 0.6) is 0 Å². The zero-order valence-electron chi connectivity index (χ0n) is 12.1. The van der Waals surface area contributed by atoms with E-state index >= 15 is 0 Å². The second-order valence-electron chi connectivity index (χ2n) is 3.77. The third-order valence-corrected chi connectivity index (χ3v) is 2.64. The first-order valence-corrected chi connectivity index (χ1v) is 7.30. The number of rotatable bonds is 9. The topological polar surface area (TPSA) is 58.2 Å². The van der Waals surface area contributed by atoms with Crippen LogP contribution < -0.4 is 10.6 Å². The molecule has 0 fully saturated rings. The summed E-state index contributed by atoms with van der Waals surface area (Å²) in [5.41, 5.74) is 0. The molecular formula is C13H28N2O2S. The number of hydrogen-bond donors (Lipinski definition) is 3. The highest BCUT2D eigenvalue weighted by Crippen LogP contribution is 2.01. The summed E-state index contributed by atoms with van der Waals surface area (Å²) in [5, 5.41) is 5.79. The molecular weight excluding hydrogens is 248 g/mol. The molecule has 1 atom stereocenters. The summed E-state index contributed by atoms with van der Waals surface area (Å²) >= 11 is 3.98. The number of carbonyl (C=O) groups excluding carboxylic acids is 2. The number of amides is 1. The second kappa shape index (κ2) is 14.5. The van der Waals surface area contributed by atoms with Gasteiger partial charge in [0.25, 0.3) is 0 Å². The summed E-state index contributed by atoms with van der Waals surface area (Å²) in [7, 11) is 1.79. The Kier molecular flexibility index (Phi) is 15.9. The van der Waals surface area contributed by atoms with E-state index in [9.17, 15) is 9.59 Å². The monoisotopic (exact) mass is 276 g/mol. The Morgan fingerprint density at radius 1 is 1.22 bits per heavy atom. The van der Waals surface area contributed by atoms with Gasteiger partial charge in [-0.15, -0.1) is 0 Å². The molecule has 0 aromatic heterocycles. The fourth-order valence-corrected chi connectivity index (χ4v) is 1.65. The molecule has 0 aromatic carbocycles. The Balaban J connectivity index is 0. The Morgan fingerprint density at radius 3 is 2.28 bits per heavy atom. The van der Waals surface area contributed by atoms with Crippen LogP contribution in [0.1, 0.15) is 46.5 Å². The Bertz CT molecular complexity index is 223. The van der Waals surface area contributed by atoms with Crippen molar-refractivity contribution in [3.8, 4) is 0 Å². The summed E-state index contributed by atoms with van der Waals surface area (Å²) < 4.78 is 0. The van der Waals surface area contributed by atoms with E-state index in [1.807, 2.05) is 13.8 Å². The maximum atomic E-state index is 11.1. The highest BCUT2D eigenvalue weighted by molar-refractivity contribution is 7.80. The molecule has 0 saturated heterocycles. The van der Waals surface area contributed by atoms with Gasteiger partial charge in [-0.05, 0) is 39.0 Å². The van der Waals surface area contributed by atoms with Gasteiger partial charge < -0.3 is 10.6 Å². The predicted molar refractivity (Wildman–Crippen MR) is 80.2 cm³/mol. The van der Waals surface area contributed by atoms with Gasteiger partial charge in [-0.1, -0.05) is 13.8 Å². The highest BCUT2D eigenvalue weighted by Gasteiger charge is 2.10. The van der Waals surface area contributed by atoms with E-state index in [2.05, 4.69) is 23.3 Å². The van der Waals surface area contributed by atoms with E-state index in [4.69, 9.17) is 0 Å². The second-order valence-corrected chi connectivity index (χ2v) is 4.22. The summed E-state index contributed by atoms with van der Waals surface area (Å²) in [6.07, 6.45) is 3.14. The van der Waals surface area contributed by atoms with Gasteiger partial charge >= 0.3 is 0 Å². The molecule has 0 spiro atoms. The average molecular weight is 276 g/mol. The smallest absolute Gasteiger partial charge is 0.220 e. The first-order chi connectivity index (χ1) is 8.61. The minimum atomic E-state index is -0.0480. The van der Waals surface area contributed by atoms with E-state index in [1.165, 1.54) is 0 Å². The van der Waals surface area contributed by atoms with Crippen LogP contribution in [0.25, 0.3) is 0 Å². The lowest BCUT2D eigenvalue weighted by Gasteiger charge is -2.12. The van der Waals surface area contributed by atoms with E-state index in [-0.39, 0.29) is 17.7 Å². The highest BCUT2D eigenvalue weighted by atomic mass is 32.1. The molecule has 0 radical (unpaired) electrons. The third-order valence-electron chi connectivity index (χ3n) is 2.42. The van der Waals surface area contributed by atoms with Crippen LogP contribution in [0.4, 0.5) is 0 Å². The van der Waals surface area contributed by atoms with Crippen molar-refractivity contribution in [2.24, 2.45) is 0 Å². The number of unbranched alkanes of at least 4 members (excludes halogenated alkanes) is 1. The van der Waals surface area contributed by atoms with Gasteiger partial charge in [-0.2, -0.15) is 12.6 Å². The SMILES string of the molecule is CC.CNC(CCCCNC(=O)CCS)C(C)=O. The normalized spacial score (nSPS) is 11.2. The maximum absolute atomic E-state index is 11.1. The van der Waals surface area contributed by atoms with Crippen molar-refractivity contribution in [3.05, 3.63) is 0 Å². The third kappa shape index (κ3) is 11.9. The van der Waals surface area contributed by atoms with Gasteiger partial charge in [-0.25, -0.2) is 0 Å². The minimum absolute atomic E-state index is 0.0479. The van der Waals surface area contributed by atoms with Crippen LogP contribution in [-0.2, 0) is 9.59 Å². The predicted octanol–water partition coefficient (Wildman–Crippen LogP) is 1.80. The average Bonchev–Trinajstić information content (AvgIpc) is 2.36.